The molecule has 0 radical (unpaired) electrons. The molecular formula is C23H24ClF2N3O2. The first-order valence-electron chi connectivity index (χ1n) is 10.4. The standard InChI is InChI=1S/C23H24ClF2N3O2/c24-19-10-9-18(14-20(19)26)29-13-12-28(11-3-1-2-4-22(29)30)23-27-15-21(31-23)16-5-7-17(25)8-6-16/h5-10,14-15,22,30H,1-4,11-13H2. The maximum Gasteiger partial charge on any atom is 0.297 e. The second-order valence-electron chi connectivity index (χ2n) is 7.62. The Morgan fingerprint density at radius 2 is 1.81 bits per heavy atom. The van der Waals surface area contributed by atoms with Gasteiger partial charge in [-0.3, -0.25) is 0 Å². The fourth-order valence-electron chi connectivity index (χ4n) is 3.77. The Hall–Kier alpha value is -2.64. The minimum atomic E-state index is -0.722. The molecule has 2 heterocycles. The zero-order valence-electron chi connectivity index (χ0n) is 17.0. The lowest BCUT2D eigenvalue weighted by Crippen LogP contribution is -2.42. The van der Waals surface area contributed by atoms with Crippen LogP contribution in [-0.2, 0) is 0 Å². The lowest BCUT2D eigenvalue weighted by Gasteiger charge is -2.33. The second-order valence-corrected chi connectivity index (χ2v) is 8.03. The van der Waals surface area contributed by atoms with E-state index in [9.17, 15) is 13.9 Å². The molecule has 31 heavy (non-hydrogen) atoms. The number of oxazole rings is 1. The van der Waals surface area contributed by atoms with Gasteiger partial charge in [-0.2, -0.15) is 0 Å². The summed E-state index contributed by atoms with van der Waals surface area (Å²) in [5.41, 5.74) is 1.32. The van der Waals surface area contributed by atoms with Gasteiger partial charge in [0, 0.05) is 30.9 Å². The molecule has 0 aliphatic carbocycles. The molecule has 1 saturated heterocycles. The van der Waals surface area contributed by atoms with E-state index in [4.69, 9.17) is 16.0 Å². The maximum absolute atomic E-state index is 14.0. The van der Waals surface area contributed by atoms with Crippen molar-refractivity contribution in [3.63, 3.8) is 0 Å². The van der Waals surface area contributed by atoms with Crippen LogP contribution in [0.5, 0.6) is 0 Å². The molecule has 0 bridgehead atoms. The summed E-state index contributed by atoms with van der Waals surface area (Å²) < 4.78 is 33.2. The summed E-state index contributed by atoms with van der Waals surface area (Å²) in [4.78, 5) is 8.21. The van der Waals surface area contributed by atoms with E-state index in [2.05, 4.69) is 4.98 Å². The van der Waals surface area contributed by atoms with Crippen LogP contribution in [0.25, 0.3) is 11.3 Å². The summed E-state index contributed by atoms with van der Waals surface area (Å²) in [6.07, 6.45) is 4.26. The molecule has 0 saturated carbocycles. The van der Waals surface area contributed by atoms with Crippen molar-refractivity contribution in [1.82, 2.24) is 4.98 Å². The summed E-state index contributed by atoms with van der Waals surface area (Å²) >= 11 is 5.82. The average molecular weight is 448 g/mol. The van der Waals surface area contributed by atoms with Crippen molar-refractivity contribution in [1.29, 1.82) is 0 Å². The maximum atomic E-state index is 14.0. The molecule has 1 aliphatic rings. The van der Waals surface area contributed by atoms with E-state index in [1.165, 1.54) is 24.3 Å². The first-order chi connectivity index (χ1) is 15.0. The molecule has 1 unspecified atom stereocenters. The van der Waals surface area contributed by atoms with Gasteiger partial charge in [-0.25, -0.2) is 13.8 Å². The van der Waals surface area contributed by atoms with Crippen LogP contribution < -0.4 is 9.80 Å². The van der Waals surface area contributed by atoms with E-state index in [1.54, 1.807) is 29.3 Å². The zero-order chi connectivity index (χ0) is 21.8. The van der Waals surface area contributed by atoms with Gasteiger partial charge in [-0.05, 0) is 61.7 Å². The van der Waals surface area contributed by atoms with E-state index in [1.807, 2.05) is 4.90 Å². The SMILES string of the molecule is OC1CCCCCN(c2ncc(-c3ccc(F)cc3)o2)CCN1c1ccc(Cl)c(F)c1. The molecule has 4 rings (SSSR count). The smallest absolute Gasteiger partial charge is 0.297 e. The van der Waals surface area contributed by atoms with Gasteiger partial charge < -0.3 is 19.3 Å². The normalized spacial score (nSPS) is 18.3. The van der Waals surface area contributed by atoms with Crippen molar-refractivity contribution < 1.29 is 18.3 Å². The number of anilines is 2. The van der Waals surface area contributed by atoms with Gasteiger partial charge in [0.05, 0.1) is 11.2 Å². The van der Waals surface area contributed by atoms with E-state index in [0.29, 0.717) is 37.0 Å². The predicted molar refractivity (Wildman–Crippen MR) is 117 cm³/mol. The minimum absolute atomic E-state index is 0.0500. The first kappa shape index (κ1) is 21.6. The Balaban J connectivity index is 1.54. The van der Waals surface area contributed by atoms with Gasteiger partial charge in [0.1, 0.15) is 17.9 Å². The monoisotopic (exact) mass is 447 g/mol. The molecule has 1 fully saturated rings. The highest BCUT2D eigenvalue weighted by atomic mass is 35.5. The van der Waals surface area contributed by atoms with Crippen molar-refractivity contribution in [2.75, 3.05) is 29.4 Å². The molecule has 5 nitrogen and oxygen atoms in total. The summed E-state index contributed by atoms with van der Waals surface area (Å²) in [7, 11) is 0. The lowest BCUT2D eigenvalue weighted by molar-refractivity contribution is 0.154. The Kier molecular flexibility index (Phi) is 6.73. The Morgan fingerprint density at radius 1 is 1.00 bits per heavy atom. The van der Waals surface area contributed by atoms with Crippen LogP contribution in [0.2, 0.25) is 5.02 Å². The molecule has 1 aromatic heterocycles. The van der Waals surface area contributed by atoms with Crippen LogP contribution in [0.15, 0.2) is 53.1 Å². The molecule has 1 aliphatic heterocycles. The number of rotatable bonds is 3. The summed E-state index contributed by atoms with van der Waals surface area (Å²) in [6.45, 7) is 1.74. The van der Waals surface area contributed by atoms with Crippen LogP contribution in [-0.4, -0.2) is 36.0 Å². The van der Waals surface area contributed by atoms with Gasteiger partial charge in [-0.15, -0.1) is 0 Å². The topological polar surface area (TPSA) is 52.7 Å². The Bertz CT molecular complexity index is 1010. The van der Waals surface area contributed by atoms with Gasteiger partial charge in [-0.1, -0.05) is 18.0 Å². The van der Waals surface area contributed by atoms with Crippen molar-refractivity contribution >= 4 is 23.3 Å². The van der Waals surface area contributed by atoms with Crippen molar-refractivity contribution in [2.45, 2.75) is 31.9 Å². The van der Waals surface area contributed by atoms with Gasteiger partial charge in [0.25, 0.3) is 6.01 Å². The molecule has 0 amide bonds. The summed E-state index contributed by atoms with van der Waals surface area (Å²) in [6, 6.07) is 11.1. The van der Waals surface area contributed by atoms with E-state index in [-0.39, 0.29) is 10.8 Å². The molecule has 1 atom stereocenters. The van der Waals surface area contributed by atoms with Gasteiger partial charge >= 0.3 is 0 Å². The number of aromatic nitrogens is 1. The number of nitrogens with zero attached hydrogens (tertiary/aromatic N) is 3. The van der Waals surface area contributed by atoms with Crippen molar-refractivity contribution in [3.8, 4) is 11.3 Å². The first-order valence-corrected chi connectivity index (χ1v) is 10.8. The molecule has 2 aromatic carbocycles. The fraction of sp³-hybridized carbons (Fsp3) is 0.348. The second kappa shape index (κ2) is 9.66. The molecule has 0 spiro atoms. The van der Waals surface area contributed by atoms with Crippen LogP contribution >= 0.6 is 11.6 Å². The van der Waals surface area contributed by atoms with Crippen LogP contribution in [0, 0.1) is 11.6 Å². The number of halogens is 3. The third kappa shape index (κ3) is 5.17. The highest BCUT2D eigenvalue weighted by Gasteiger charge is 2.22. The van der Waals surface area contributed by atoms with Crippen LogP contribution in [0.3, 0.4) is 0 Å². The molecular weight excluding hydrogens is 424 g/mol. The van der Waals surface area contributed by atoms with Gasteiger partial charge in [0.2, 0.25) is 0 Å². The minimum Gasteiger partial charge on any atom is -0.423 e. The third-order valence-electron chi connectivity index (χ3n) is 5.49. The largest absolute Gasteiger partial charge is 0.423 e. The summed E-state index contributed by atoms with van der Waals surface area (Å²) in [5, 5.41) is 10.8. The zero-order valence-corrected chi connectivity index (χ0v) is 17.7. The molecule has 164 valence electrons. The molecule has 3 aromatic rings. The third-order valence-corrected chi connectivity index (χ3v) is 5.80. The number of hydrogen-bond donors (Lipinski definition) is 1. The number of aliphatic hydroxyl groups excluding tert-OH is 1. The molecule has 1 N–H and O–H groups in total. The number of hydrogen-bond acceptors (Lipinski definition) is 5. The van der Waals surface area contributed by atoms with Crippen LogP contribution in [0.1, 0.15) is 25.7 Å². The van der Waals surface area contributed by atoms with E-state index in [0.717, 1.165) is 31.4 Å². The Labute approximate surface area is 184 Å². The van der Waals surface area contributed by atoms with Crippen molar-refractivity contribution in [2.24, 2.45) is 0 Å². The average Bonchev–Trinajstić information content (AvgIpc) is 3.25. The van der Waals surface area contributed by atoms with E-state index < -0.39 is 12.0 Å². The Morgan fingerprint density at radius 3 is 2.58 bits per heavy atom. The lowest BCUT2D eigenvalue weighted by atomic mass is 10.1. The predicted octanol–water partition coefficient (Wildman–Crippen LogP) is 5.48. The van der Waals surface area contributed by atoms with Crippen molar-refractivity contribution in [3.05, 3.63) is 65.3 Å². The quantitative estimate of drug-likeness (QED) is 0.576. The summed E-state index contributed by atoms with van der Waals surface area (Å²) in [5.74, 6) is -0.266. The number of aliphatic hydroxyl groups is 1. The molecule has 8 heteroatoms. The highest BCUT2D eigenvalue weighted by Crippen LogP contribution is 2.28. The number of benzene rings is 2. The van der Waals surface area contributed by atoms with Crippen LogP contribution in [0.4, 0.5) is 20.5 Å². The van der Waals surface area contributed by atoms with Gasteiger partial charge in [0.15, 0.2) is 5.76 Å². The fourth-order valence-corrected chi connectivity index (χ4v) is 3.88. The highest BCUT2D eigenvalue weighted by molar-refractivity contribution is 6.30. The van der Waals surface area contributed by atoms with E-state index >= 15 is 0 Å².